The fraction of sp³-hybridized carbons (Fsp3) is 0.684. The molecule has 1 saturated heterocycles. The van der Waals surface area contributed by atoms with Crippen LogP contribution >= 0.6 is 0 Å². The average molecular weight is 473 g/mol. The van der Waals surface area contributed by atoms with E-state index in [0.717, 1.165) is 12.1 Å². The van der Waals surface area contributed by atoms with Crippen LogP contribution in [-0.4, -0.2) is 102 Å². The first-order valence-corrected chi connectivity index (χ1v) is 11.2. The van der Waals surface area contributed by atoms with E-state index in [2.05, 4.69) is 0 Å². The van der Waals surface area contributed by atoms with Crippen LogP contribution in [0.4, 0.5) is 13.2 Å². The van der Waals surface area contributed by atoms with Crippen LogP contribution in [0.25, 0.3) is 0 Å². The Morgan fingerprint density at radius 1 is 1.03 bits per heavy atom. The molecule has 1 unspecified atom stereocenters. The third kappa shape index (κ3) is 6.76. The highest BCUT2D eigenvalue weighted by Crippen LogP contribution is 2.29. The van der Waals surface area contributed by atoms with Crippen LogP contribution in [0.5, 0.6) is 0 Å². The fourth-order valence-corrected chi connectivity index (χ4v) is 6.03. The summed E-state index contributed by atoms with van der Waals surface area (Å²) in [5, 5.41) is 68.3. The highest BCUT2D eigenvalue weighted by Gasteiger charge is 2.51. The second-order valence-corrected chi connectivity index (χ2v) is 9.78. The SMILES string of the molecule is OC[C@@H]1[C@@H](O)[C@H](O)C[S+]1C[C@@H](O)[C@H](OCc1ccc(C(F)(F)F)cc1)[C@H](O)[C@@H](O)CO. The summed E-state index contributed by atoms with van der Waals surface area (Å²) in [7, 11) is -0.829. The molecule has 0 aromatic heterocycles. The van der Waals surface area contributed by atoms with Gasteiger partial charge >= 0.3 is 6.18 Å². The Morgan fingerprint density at radius 2 is 1.65 bits per heavy atom. The van der Waals surface area contributed by atoms with Crippen LogP contribution in [0.15, 0.2) is 24.3 Å². The summed E-state index contributed by atoms with van der Waals surface area (Å²) in [6.07, 6.45) is -13.0. The van der Waals surface area contributed by atoms with E-state index >= 15 is 0 Å². The quantitative estimate of drug-likeness (QED) is 0.200. The molecule has 1 heterocycles. The van der Waals surface area contributed by atoms with E-state index in [1.807, 2.05) is 0 Å². The van der Waals surface area contributed by atoms with Crippen LogP contribution in [0.2, 0.25) is 0 Å². The molecule has 8 nitrogen and oxygen atoms in total. The van der Waals surface area contributed by atoms with Gasteiger partial charge in [0.2, 0.25) is 0 Å². The smallest absolute Gasteiger partial charge is 0.394 e. The topological polar surface area (TPSA) is 151 Å². The first-order chi connectivity index (χ1) is 14.5. The lowest BCUT2D eigenvalue weighted by atomic mass is 10.0. The summed E-state index contributed by atoms with van der Waals surface area (Å²) in [5.74, 6) is 0.0416. The number of benzene rings is 1. The van der Waals surface area contributed by atoms with E-state index in [1.54, 1.807) is 0 Å². The Morgan fingerprint density at radius 3 is 2.16 bits per heavy atom. The maximum Gasteiger partial charge on any atom is 0.416 e. The summed E-state index contributed by atoms with van der Waals surface area (Å²) in [6, 6.07) is 4.07. The normalized spacial score (nSPS) is 28.3. The number of hydrogen-bond donors (Lipinski definition) is 7. The number of aliphatic hydroxyl groups is 7. The van der Waals surface area contributed by atoms with Gasteiger partial charge in [-0.15, -0.1) is 0 Å². The Hall–Kier alpha value is -0.960. The van der Waals surface area contributed by atoms with E-state index in [-0.39, 0.29) is 18.1 Å². The third-order valence-electron chi connectivity index (χ3n) is 5.17. The molecule has 1 aromatic rings. The van der Waals surface area contributed by atoms with Crippen molar-refractivity contribution < 1.29 is 53.7 Å². The van der Waals surface area contributed by atoms with Crippen molar-refractivity contribution in [3.63, 3.8) is 0 Å². The number of hydrogen-bond acceptors (Lipinski definition) is 8. The predicted molar refractivity (Wildman–Crippen MR) is 105 cm³/mol. The highest BCUT2D eigenvalue weighted by atomic mass is 32.2. The van der Waals surface area contributed by atoms with Crippen molar-refractivity contribution in [2.24, 2.45) is 0 Å². The van der Waals surface area contributed by atoms with Gasteiger partial charge in [0.15, 0.2) is 5.25 Å². The molecule has 0 saturated carbocycles. The zero-order valence-corrected chi connectivity index (χ0v) is 17.3. The molecule has 0 spiro atoms. The zero-order valence-electron chi connectivity index (χ0n) is 16.5. The maximum absolute atomic E-state index is 12.7. The third-order valence-corrected chi connectivity index (χ3v) is 8.00. The molecular weight excluding hydrogens is 445 g/mol. The van der Waals surface area contributed by atoms with Crippen LogP contribution in [0, 0.1) is 0 Å². The summed E-state index contributed by atoms with van der Waals surface area (Å²) in [5.41, 5.74) is -0.531. The molecule has 178 valence electrons. The van der Waals surface area contributed by atoms with Crippen LogP contribution in [-0.2, 0) is 28.4 Å². The summed E-state index contributed by atoms with van der Waals surface area (Å²) in [6.45, 7) is -1.54. The molecule has 31 heavy (non-hydrogen) atoms. The van der Waals surface area contributed by atoms with Gasteiger partial charge in [-0.05, 0) is 17.7 Å². The van der Waals surface area contributed by atoms with Gasteiger partial charge in [0.05, 0.1) is 25.4 Å². The molecule has 0 aliphatic carbocycles. The number of rotatable bonds is 10. The molecule has 0 bridgehead atoms. The van der Waals surface area contributed by atoms with Crippen molar-refractivity contribution in [1.29, 1.82) is 0 Å². The lowest BCUT2D eigenvalue weighted by Crippen LogP contribution is -2.50. The van der Waals surface area contributed by atoms with Crippen molar-refractivity contribution in [1.82, 2.24) is 0 Å². The fourth-order valence-electron chi connectivity index (χ4n) is 3.35. The molecule has 1 fully saturated rings. The van der Waals surface area contributed by atoms with E-state index < -0.39 is 77.7 Å². The number of aliphatic hydroxyl groups excluding tert-OH is 7. The summed E-state index contributed by atoms with van der Waals surface area (Å²) in [4.78, 5) is 0. The molecule has 1 aliphatic rings. The van der Waals surface area contributed by atoms with Crippen molar-refractivity contribution >= 4 is 10.9 Å². The lowest BCUT2D eigenvalue weighted by molar-refractivity contribution is -0.141. The molecule has 1 aliphatic heterocycles. The van der Waals surface area contributed by atoms with Crippen molar-refractivity contribution in [3.05, 3.63) is 35.4 Å². The van der Waals surface area contributed by atoms with Gasteiger partial charge in [0.1, 0.15) is 48.1 Å². The van der Waals surface area contributed by atoms with Crippen LogP contribution in [0.1, 0.15) is 11.1 Å². The van der Waals surface area contributed by atoms with E-state index in [4.69, 9.17) is 9.84 Å². The van der Waals surface area contributed by atoms with Crippen molar-refractivity contribution in [2.45, 2.75) is 54.7 Å². The van der Waals surface area contributed by atoms with Gasteiger partial charge in [-0.25, -0.2) is 0 Å². The van der Waals surface area contributed by atoms with E-state index in [1.165, 1.54) is 12.1 Å². The number of alkyl halides is 3. The predicted octanol–water partition coefficient (Wildman–Crippen LogP) is -1.62. The van der Waals surface area contributed by atoms with Gasteiger partial charge in [-0.3, -0.25) is 0 Å². The molecule has 8 atom stereocenters. The summed E-state index contributed by atoms with van der Waals surface area (Å²) < 4.78 is 43.5. The largest absolute Gasteiger partial charge is 0.416 e. The Balaban J connectivity index is 2.09. The van der Waals surface area contributed by atoms with Gasteiger partial charge in [-0.2, -0.15) is 13.2 Å². The second-order valence-electron chi connectivity index (χ2n) is 7.43. The molecule has 0 radical (unpaired) electrons. The monoisotopic (exact) mass is 473 g/mol. The van der Waals surface area contributed by atoms with Crippen LogP contribution < -0.4 is 0 Å². The Labute approximate surface area is 179 Å². The van der Waals surface area contributed by atoms with E-state index in [0.29, 0.717) is 5.56 Å². The van der Waals surface area contributed by atoms with Gasteiger partial charge in [0.25, 0.3) is 0 Å². The Bertz CT molecular complexity index is 677. The molecular formula is C19H28F3O8S+. The number of halogens is 3. The zero-order chi connectivity index (χ0) is 23.3. The van der Waals surface area contributed by atoms with Gasteiger partial charge in [0, 0.05) is 10.9 Å². The molecule has 12 heteroatoms. The first kappa shape index (κ1) is 26.3. The molecule has 2 rings (SSSR count). The van der Waals surface area contributed by atoms with Crippen molar-refractivity contribution in [2.75, 3.05) is 24.7 Å². The summed E-state index contributed by atoms with van der Waals surface area (Å²) >= 11 is 0. The van der Waals surface area contributed by atoms with Gasteiger partial charge < -0.3 is 40.5 Å². The minimum atomic E-state index is -4.50. The Kier molecular flexibility index (Phi) is 9.55. The van der Waals surface area contributed by atoms with Crippen molar-refractivity contribution in [3.8, 4) is 0 Å². The number of ether oxygens (including phenoxy) is 1. The van der Waals surface area contributed by atoms with Crippen LogP contribution in [0.3, 0.4) is 0 Å². The average Bonchev–Trinajstić information content (AvgIpc) is 2.99. The second kappa shape index (κ2) is 11.3. The lowest BCUT2D eigenvalue weighted by Gasteiger charge is -2.30. The minimum absolute atomic E-state index is 0.0771. The first-order valence-electron chi connectivity index (χ1n) is 9.55. The van der Waals surface area contributed by atoms with Gasteiger partial charge in [-0.1, -0.05) is 12.1 Å². The maximum atomic E-state index is 12.7. The highest BCUT2D eigenvalue weighted by molar-refractivity contribution is 7.97. The molecule has 1 aromatic carbocycles. The minimum Gasteiger partial charge on any atom is -0.394 e. The molecule has 7 N–H and O–H groups in total. The van der Waals surface area contributed by atoms with E-state index in [9.17, 15) is 43.8 Å². The molecule has 0 amide bonds. The standard InChI is InChI=1S/C19H28F3O8S/c20-19(21,22)11-3-1-10(2-4-11)7-30-18(17(29)12(25)5-23)14(27)9-31-8-13(26)16(28)15(31)6-24/h1-4,12-18,23-29H,5-9H2/q+1/t12-,13+,14+,15+,16-,17+,18-,31?/m0/s1.